The zero-order chi connectivity index (χ0) is 14.8. The first-order chi connectivity index (χ1) is 9.72. The minimum Gasteiger partial charge on any atom is -0.380 e. The molecule has 4 nitrogen and oxygen atoms in total. The zero-order valence-electron chi connectivity index (χ0n) is 12.1. The Hall–Kier alpha value is -0.550. The highest BCUT2D eigenvalue weighted by Crippen LogP contribution is 2.24. The van der Waals surface area contributed by atoms with Crippen LogP contribution in [0.2, 0.25) is 5.02 Å². The molecule has 0 fully saturated rings. The molecule has 0 radical (unpaired) electrons. The number of hydrogen-bond acceptors (Lipinski definition) is 4. The Morgan fingerprint density at radius 3 is 2.20 bits per heavy atom. The third-order valence-corrected chi connectivity index (χ3v) is 3.34. The average molecular weight is 321 g/mol. The lowest BCUT2D eigenvalue weighted by molar-refractivity contribution is 0.141. The largest absolute Gasteiger partial charge is 0.380 e. The number of halogens is 2. The van der Waals surface area contributed by atoms with Crippen molar-refractivity contribution in [1.82, 2.24) is 4.98 Å². The van der Waals surface area contributed by atoms with Gasteiger partial charge in [0.2, 0.25) is 0 Å². The highest BCUT2D eigenvalue weighted by Gasteiger charge is 2.12. The van der Waals surface area contributed by atoms with E-state index in [1.54, 1.807) is 6.20 Å². The lowest BCUT2D eigenvalue weighted by Gasteiger charge is -2.24. The van der Waals surface area contributed by atoms with Crippen molar-refractivity contribution < 1.29 is 9.47 Å². The smallest absolute Gasteiger partial charge is 0.147 e. The minimum atomic E-state index is 0.408. The molecule has 0 spiro atoms. The van der Waals surface area contributed by atoms with Gasteiger partial charge in [0.1, 0.15) is 5.82 Å². The molecule has 0 N–H and O–H groups in total. The molecule has 6 heteroatoms. The first-order valence-electron chi connectivity index (χ1n) is 6.83. The van der Waals surface area contributed by atoms with Crippen molar-refractivity contribution >= 4 is 29.0 Å². The van der Waals surface area contributed by atoms with E-state index >= 15 is 0 Å². The molecular formula is C14H22Cl2N2O2. The van der Waals surface area contributed by atoms with Crippen LogP contribution in [0.4, 0.5) is 5.82 Å². The fourth-order valence-electron chi connectivity index (χ4n) is 1.74. The summed E-state index contributed by atoms with van der Waals surface area (Å²) in [5, 5.41) is 0.608. The normalized spacial score (nSPS) is 10.8. The first kappa shape index (κ1) is 17.5. The molecular weight excluding hydrogens is 299 g/mol. The van der Waals surface area contributed by atoms with Crippen LogP contribution in [0.1, 0.15) is 19.4 Å². The maximum absolute atomic E-state index is 6.28. The van der Waals surface area contributed by atoms with E-state index < -0.39 is 0 Å². The summed E-state index contributed by atoms with van der Waals surface area (Å²) < 4.78 is 10.8. The third kappa shape index (κ3) is 5.83. The van der Waals surface area contributed by atoms with Gasteiger partial charge in [-0.25, -0.2) is 4.98 Å². The fraction of sp³-hybridized carbons (Fsp3) is 0.643. The molecule has 0 saturated carbocycles. The van der Waals surface area contributed by atoms with Crippen LogP contribution in [0.25, 0.3) is 0 Å². The molecule has 0 aromatic carbocycles. The van der Waals surface area contributed by atoms with Gasteiger partial charge in [0.05, 0.1) is 18.2 Å². The number of anilines is 1. The van der Waals surface area contributed by atoms with E-state index in [1.807, 2.05) is 19.9 Å². The SMILES string of the molecule is CCOCCN(CCOCC)c1ncc(CCl)cc1Cl. The molecule has 0 amide bonds. The van der Waals surface area contributed by atoms with Crippen molar-refractivity contribution in [3.63, 3.8) is 0 Å². The molecule has 0 aliphatic rings. The van der Waals surface area contributed by atoms with Crippen LogP contribution in [-0.2, 0) is 15.4 Å². The van der Waals surface area contributed by atoms with E-state index in [0.29, 0.717) is 37.3 Å². The van der Waals surface area contributed by atoms with Crippen molar-refractivity contribution in [2.75, 3.05) is 44.4 Å². The number of alkyl halides is 1. The molecule has 1 heterocycles. The Balaban J connectivity index is 2.73. The maximum Gasteiger partial charge on any atom is 0.147 e. The van der Waals surface area contributed by atoms with Crippen LogP contribution in [0, 0.1) is 0 Å². The summed E-state index contributed by atoms with van der Waals surface area (Å²) >= 11 is 12.1. The summed E-state index contributed by atoms with van der Waals surface area (Å²) in [4.78, 5) is 6.48. The molecule has 0 aliphatic heterocycles. The van der Waals surface area contributed by atoms with Crippen molar-refractivity contribution in [2.24, 2.45) is 0 Å². The molecule has 1 aromatic rings. The topological polar surface area (TPSA) is 34.6 Å². The standard InChI is InChI=1S/C14H22Cl2N2O2/c1-3-19-7-5-18(6-8-20-4-2)14-13(16)9-12(10-15)11-17-14/h9,11H,3-8,10H2,1-2H3. The number of hydrogen-bond donors (Lipinski definition) is 0. The van der Waals surface area contributed by atoms with Crippen molar-refractivity contribution in [2.45, 2.75) is 19.7 Å². The average Bonchev–Trinajstić information content (AvgIpc) is 2.46. The highest BCUT2D eigenvalue weighted by atomic mass is 35.5. The predicted molar refractivity (Wildman–Crippen MR) is 84.0 cm³/mol. The van der Waals surface area contributed by atoms with E-state index in [2.05, 4.69) is 9.88 Å². The predicted octanol–water partition coefficient (Wildman–Crippen LogP) is 3.35. The van der Waals surface area contributed by atoms with E-state index in [9.17, 15) is 0 Å². The maximum atomic E-state index is 6.28. The summed E-state index contributed by atoms with van der Waals surface area (Å²) in [5.74, 6) is 1.16. The Morgan fingerprint density at radius 2 is 1.75 bits per heavy atom. The molecule has 0 atom stereocenters. The number of ether oxygens (including phenoxy) is 2. The van der Waals surface area contributed by atoms with Gasteiger partial charge in [-0.05, 0) is 25.5 Å². The van der Waals surface area contributed by atoms with E-state index in [1.165, 1.54) is 0 Å². The fourth-order valence-corrected chi connectivity index (χ4v) is 2.19. The molecule has 114 valence electrons. The van der Waals surface area contributed by atoms with Crippen LogP contribution < -0.4 is 4.90 Å². The lowest BCUT2D eigenvalue weighted by Crippen LogP contribution is -2.32. The van der Waals surface area contributed by atoms with Crippen molar-refractivity contribution in [1.29, 1.82) is 0 Å². The van der Waals surface area contributed by atoms with Gasteiger partial charge in [-0.15, -0.1) is 11.6 Å². The molecule has 0 saturated heterocycles. The van der Waals surface area contributed by atoms with Gasteiger partial charge in [-0.3, -0.25) is 0 Å². The van der Waals surface area contributed by atoms with Crippen LogP contribution in [0.15, 0.2) is 12.3 Å². The third-order valence-electron chi connectivity index (χ3n) is 2.75. The van der Waals surface area contributed by atoms with E-state index in [0.717, 1.165) is 24.5 Å². The van der Waals surface area contributed by atoms with Crippen molar-refractivity contribution in [3.05, 3.63) is 22.8 Å². The monoisotopic (exact) mass is 320 g/mol. The summed E-state index contributed by atoms with van der Waals surface area (Å²) in [6.07, 6.45) is 1.75. The van der Waals surface area contributed by atoms with E-state index in [-0.39, 0.29) is 0 Å². The van der Waals surface area contributed by atoms with Crippen molar-refractivity contribution in [3.8, 4) is 0 Å². The van der Waals surface area contributed by atoms with Gasteiger partial charge in [0, 0.05) is 38.4 Å². The van der Waals surface area contributed by atoms with Crippen LogP contribution in [0.5, 0.6) is 0 Å². The summed E-state index contributed by atoms with van der Waals surface area (Å²) in [6, 6.07) is 1.85. The highest BCUT2D eigenvalue weighted by molar-refractivity contribution is 6.33. The quantitative estimate of drug-likeness (QED) is 0.489. The molecule has 0 aliphatic carbocycles. The van der Waals surface area contributed by atoms with Gasteiger partial charge in [0.25, 0.3) is 0 Å². The lowest BCUT2D eigenvalue weighted by atomic mass is 10.3. The minimum absolute atomic E-state index is 0.408. The number of nitrogens with zero attached hydrogens (tertiary/aromatic N) is 2. The first-order valence-corrected chi connectivity index (χ1v) is 7.75. The van der Waals surface area contributed by atoms with Gasteiger partial charge in [0.15, 0.2) is 0 Å². The molecule has 0 bridgehead atoms. The Morgan fingerprint density at radius 1 is 1.15 bits per heavy atom. The second-order valence-corrected chi connectivity index (χ2v) is 4.84. The molecule has 1 aromatic heterocycles. The van der Waals surface area contributed by atoms with Gasteiger partial charge in [-0.2, -0.15) is 0 Å². The van der Waals surface area contributed by atoms with E-state index in [4.69, 9.17) is 32.7 Å². The van der Waals surface area contributed by atoms with Crippen LogP contribution in [-0.4, -0.2) is 44.5 Å². The Labute approximate surface area is 131 Å². The van der Waals surface area contributed by atoms with Crippen LogP contribution >= 0.6 is 23.2 Å². The van der Waals surface area contributed by atoms with Gasteiger partial charge >= 0.3 is 0 Å². The van der Waals surface area contributed by atoms with Crippen LogP contribution in [0.3, 0.4) is 0 Å². The number of pyridine rings is 1. The summed E-state index contributed by atoms with van der Waals surface area (Å²) in [5.41, 5.74) is 0.912. The Kier molecular flexibility index (Phi) is 8.94. The summed E-state index contributed by atoms with van der Waals surface area (Å²) in [6.45, 7) is 8.09. The molecule has 0 unspecified atom stereocenters. The number of rotatable bonds is 10. The van der Waals surface area contributed by atoms with Gasteiger partial charge in [-0.1, -0.05) is 11.6 Å². The Bertz CT molecular complexity index is 381. The van der Waals surface area contributed by atoms with Gasteiger partial charge < -0.3 is 14.4 Å². The number of aromatic nitrogens is 1. The summed E-state index contributed by atoms with van der Waals surface area (Å²) in [7, 11) is 0. The molecule has 1 rings (SSSR count). The zero-order valence-corrected chi connectivity index (χ0v) is 13.6. The second-order valence-electron chi connectivity index (χ2n) is 4.16. The molecule has 20 heavy (non-hydrogen) atoms. The second kappa shape index (κ2) is 10.2.